The molecule has 0 bridgehead atoms. The van der Waals surface area contributed by atoms with E-state index in [2.05, 4.69) is 77.4 Å². The predicted octanol–water partition coefficient (Wildman–Crippen LogP) is 5.43. The van der Waals surface area contributed by atoms with E-state index in [0.717, 1.165) is 36.2 Å². The van der Waals surface area contributed by atoms with E-state index in [9.17, 15) is 4.79 Å². The molecular weight excluding hydrogens is 384 g/mol. The molecule has 2 heterocycles. The fourth-order valence-corrected chi connectivity index (χ4v) is 3.95. The summed E-state index contributed by atoms with van der Waals surface area (Å²) in [4.78, 5) is 24.1. The Morgan fingerprint density at radius 3 is 2.32 bits per heavy atom. The molecule has 31 heavy (non-hydrogen) atoms. The molecule has 160 valence electrons. The number of hydrogen-bond donors (Lipinski definition) is 1. The Morgan fingerprint density at radius 2 is 1.68 bits per heavy atom. The molecule has 1 saturated heterocycles. The molecule has 5 heteroatoms. The van der Waals surface area contributed by atoms with Crippen molar-refractivity contribution in [3.05, 3.63) is 72.1 Å². The van der Waals surface area contributed by atoms with Gasteiger partial charge in [0.1, 0.15) is 0 Å². The number of piperidine rings is 1. The van der Waals surface area contributed by atoms with E-state index in [1.54, 1.807) is 0 Å². The molecule has 5 nitrogen and oxygen atoms in total. The first-order valence-corrected chi connectivity index (χ1v) is 11.0. The largest absolute Gasteiger partial charge is 0.340 e. The van der Waals surface area contributed by atoms with Gasteiger partial charge in [-0.3, -0.25) is 4.79 Å². The number of carbonyl (C=O) groups excluding carboxylic acids is 1. The van der Waals surface area contributed by atoms with E-state index in [-0.39, 0.29) is 11.8 Å². The minimum atomic E-state index is -0.0705. The molecule has 0 unspecified atom stereocenters. The first-order valence-electron chi connectivity index (χ1n) is 11.0. The highest BCUT2D eigenvalue weighted by Crippen LogP contribution is 2.24. The summed E-state index contributed by atoms with van der Waals surface area (Å²) in [6.45, 7) is 7.92. The van der Waals surface area contributed by atoms with Gasteiger partial charge in [-0.05, 0) is 48.9 Å². The number of nitrogens with zero attached hydrogens (tertiary/aromatic N) is 3. The first-order chi connectivity index (χ1) is 15.0. The number of amides is 1. The van der Waals surface area contributed by atoms with Crippen molar-refractivity contribution in [2.45, 2.75) is 39.5 Å². The number of anilines is 2. The van der Waals surface area contributed by atoms with Gasteiger partial charge in [0.25, 0.3) is 0 Å². The van der Waals surface area contributed by atoms with Crippen LogP contribution in [0.5, 0.6) is 0 Å². The Labute approximate surface area is 184 Å². The van der Waals surface area contributed by atoms with Gasteiger partial charge in [0, 0.05) is 36.7 Å². The number of benzene rings is 2. The highest BCUT2D eigenvalue weighted by atomic mass is 16.1. The lowest BCUT2D eigenvalue weighted by molar-refractivity contribution is -0.120. The molecule has 0 aliphatic carbocycles. The van der Waals surface area contributed by atoms with Crippen molar-refractivity contribution in [2.75, 3.05) is 23.3 Å². The first kappa shape index (κ1) is 21.0. The maximum absolute atomic E-state index is 12.9. The van der Waals surface area contributed by atoms with E-state index in [4.69, 9.17) is 0 Å². The lowest BCUT2D eigenvalue weighted by Crippen LogP contribution is -2.41. The molecule has 1 atom stereocenters. The molecule has 3 aromatic rings. The summed E-state index contributed by atoms with van der Waals surface area (Å²) in [5.74, 6) is 1.17. The monoisotopic (exact) mass is 414 g/mol. The van der Waals surface area contributed by atoms with Gasteiger partial charge < -0.3 is 10.2 Å². The van der Waals surface area contributed by atoms with Crippen molar-refractivity contribution < 1.29 is 4.79 Å². The van der Waals surface area contributed by atoms with Gasteiger partial charge in [-0.2, -0.15) is 0 Å². The second-order valence-corrected chi connectivity index (χ2v) is 8.69. The number of rotatable bonds is 5. The summed E-state index contributed by atoms with van der Waals surface area (Å²) in [6, 6.07) is 16.5. The molecule has 4 rings (SSSR count). The summed E-state index contributed by atoms with van der Waals surface area (Å²) < 4.78 is 0. The molecule has 1 N–H and O–H groups in total. The standard InChI is InChI=1S/C26H30N4O/c1-18(2)20-10-12-24(13-11-20)29-25(31)22-5-4-14-30(17-22)26-27-15-23(16-28-26)21-8-6-19(3)7-9-21/h6-13,15-16,18,22H,4-5,14,17H2,1-3H3,(H,29,31)/t22-/m0/s1. The molecule has 1 aromatic heterocycles. The van der Waals surface area contributed by atoms with Crippen LogP contribution >= 0.6 is 0 Å². The highest BCUT2D eigenvalue weighted by molar-refractivity contribution is 5.93. The van der Waals surface area contributed by atoms with Gasteiger partial charge in [-0.15, -0.1) is 0 Å². The Morgan fingerprint density at radius 1 is 1.00 bits per heavy atom. The summed E-state index contributed by atoms with van der Waals surface area (Å²) in [7, 11) is 0. The van der Waals surface area contributed by atoms with Crippen molar-refractivity contribution in [1.82, 2.24) is 9.97 Å². The highest BCUT2D eigenvalue weighted by Gasteiger charge is 2.27. The van der Waals surface area contributed by atoms with Crippen LogP contribution in [0, 0.1) is 12.8 Å². The molecule has 1 fully saturated rings. The van der Waals surface area contributed by atoms with Crippen LogP contribution in [0.2, 0.25) is 0 Å². The van der Waals surface area contributed by atoms with E-state index in [1.807, 2.05) is 24.5 Å². The molecule has 0 spiro atoms. The quantitative estimate of drug-likeness (QED) is 0.605. The fourth-order valence-electron chi connectivity index (χ4n) is 3.95. The molecule has 1 amide bonds. The third-order valence-corrected chi connectivity index (χ3v) is 5.94. The van der Waals surface area contributed by atoms with Crippen LogP contribution in [0.25, 0.3) is 11.1 Å². The lowest BCUT2D eigenvalue weighted by Gasteiger charge is -2.32. The van der Waals surface area contributed by atoms with Gasteiger partial charge in [0.05, 0.1) is 5.92 Å². The number of nitrogens with one attached hydrogen (secondary N) is 1. The third-order valence-electron chi connectivity index (χ3n) is 5.94. The summed E-state index contributed by atoms with van der Waals surface area (Å²) in [6.07, 6.45) is 5.57. The number of hydrogen-bond acceptors (Lipinski definition) is 4. The minimum absolute atomic E-state index is 0.0678. The average molecular weight is 415 g/mol. The zero-order valence-electron chi connectivity index (χ0n) is 18.5. The molecule has 2 aromatic carbocycles. The zero-order valence-corrected chi connectivity index (χ0v) is 18.5. The van der Waals surface area contributed by atoms with Crippen molar-refractivity contribution in [3.63, 3.8) is 0 Å². The molecule has 1 aliphatic heterocycles. The van der Waals surface area contributed by atoms with Gasteiger partial charge in [0.2, 0.25) is 11.9 Å². The van der Waals surface area contributed by atoms with E-state index < -0.39 is 0 Å². The Kier molecular flexibility index (Phi) is 6.31. The maximum atomic E-state index is 12.9. The molecule has 0 radical (unpaired) electrons. The number of aryl methyl sites for hydroxylation is 1. The third kappa shape index (κ3) is 5.10. The van der Waals surface area contributed by atoms with Crippen molar-refractivity contribution >= 4 is 17.5 Å². The van der Waals surface area contributed by atoms with E-state index in [1.165, 1.54) is 11.1 Å². The SMILES string of the molecule is Cc1ccc(-c2cnc(N3CCC[C@H](C(=O)Nc4ccc(C(C)C)cc4)C3)nc2)cc1. The molecule has 0 saturated carbocycles. The summed E-state index contributed by atoms with van der Waals surface area (Å²) in [5, 5.41) is 3.08. The van der Waals surface area contributed by atoms with Gasteiger partial charge in [-0.1, -0.05) is 55.8 Å². The van der Waals surface area contributed by atoms with E-state index in [0.29, 0.717) is 18.4 Å². The van der Waals surface area contributed by atoms with Crippen LogP contribution < -0.4 is 10.2 Å². The molecular formula is C26H30N4O. The number of carbonyl (C=O) groups is 1. The average Bonchev–Trinajstić information content (AvgIpc) is 2.80. The normalized spacial score (nSPS) is 16.4. The second-order valence-electron chi connectivity index (χ2n) is 8.69. The van der Waals surface area contributed by atoms with Gasteiger partial charge >= 0.3 is 0 Å². The van der Waals surface area contributed by atoms with Crippen molar-refractivity contribution in [2.24, 2.45) is 5.92 Å². The lowest BCUT2D eigenvalue weighted by atomic mass is 9.97. The summed E-state index contributed by atoms with van der Waals surface area (Å²) in [5.41, 5.74) is 5.46. The maximum Gasteiger partial charge on any atom is 0.229 e. The van der Waals surface area contributed by atoms with Crippen LogP contribution in [0.4, 0.5) is 11.6 Å². The van der Waals surface area contributed by atoms with Crippen LogP contribution in [0.3, 0.4) is 0 Å². The topological polar surface area (TPSA) is 58.1 Å². The minimum Gasteiger partial charge on any atom is -0.340 e. The van der Waals surface area contributed by atoms with Crippen LogP contribution in [0.1, 0.15) is 43.7 Å². The van der Waals surface area contributed by atoms with Crippen molar-refractivity contribution in [3.8, 4) is 11.1 Å². The van der Waals surface area contributed by atoms with E-state index >= 15 is 0 Å². The van der Waals surface area contributed by atoms with Crippen molar-refractivity contribution in [1.29, 1.82) is 0 Å². The van der Waals surface area contributed by atoms with Crippen LogP contribution in [-0.4, -0.2) is 29.0 Å². The van der Waals surface area contributed by atoms with Gasteiger partial charge in [-0.25, -0.2) is 9.97 Å². The Bertz CT molecular complexity index is 1010. The zero-order chi connectivity index (χ0) is 21.8. The van der Waals surface area contributed by atoms with Gasteiger partial charge in [0.15, 0.2) is 0 Å². The van der Waals surface area contributed by atoms with Crippen LogP contribution in [0.15, 0.2) is 60.9 Å². The Hall–Kier alpha value is -3.21. The Balaban J connectivity index is 1.39. The number of aromatic nitrogens is 2. The second kappa shape index (κ2) is 9.29. The predicted molar refractivity (Wildman–Crippen MR) is 126 cm³/mol. The summed E-state index contributed by atoms with van der Waals surface area (Å²) >= 11 is 0. The smallest absolute Gasteiger partial charge is 0.229 e. The molecule has 1 aliphatic rings. The van der Waals surface area contributed by atoms with Crippen LogP contribution in [-0.2, 0) is 4.79 Å². The fraction of sp³-hybridized carbons (Fsp3) is 0.346.